The number of carboxylic acids is 2. The van der Waals surface area contributed by atoms with E-state index in [1.807, 2.05) is 42.5 Å². The zero-order valence-corrected chi connectivity index (χ0v) is 11.4. The van der Waals surface area contributed by atoms with Gasteiger partial charge >= 0.3 is 11.9 Å². The van der Waals surface area contributed by atoms with Crippen molar-refractivity contribution in [3.05, 3.63) is 60.2 Å². The molecule has 108 valence electrons. The van der Waals surface area contributed by atoms with Crippen LogP contribution in [0.5, 0.6) is 0 Å². The van der Waals surface area contributed by atoms with Crippen molar-refractivity contribution in [2.24, 2.45) is 0 Å². The van der Waals surface area contributed by atoms with Gasteiger partial charge in [0.15, 0.2) is 0 Å². The summed E-state index contributed by atoms with van der Waals surface area (Å²) >= 11 is 0. The lowest BCUT2D eigenvalue weighted by Gasteiger charge is -2.12. The van der Waals surface area contributed by atoms with Crippen molar-refractivity contribution in [2.45, 2.75) is 18.8 Å². The molecular formula is C17H16O4. The Kier molecular flexibility index (Phi) is 4.72. The highest BCUT2D eigenvalue weighted by atomic mass is 16.4. The van der Waals surface area contributed by atoms with Gasteiger partial charge in [-0.15, -0.1) is 0 Å². The Balaban J connectivity index is 2.19. The fourth-order valence-corrected chi connectivity index (χ4v) is 2.24. The van der Waals surface area contributed by atoms with Crippen molar-refractivity contribution in [2.75, 3.05) is 0 Å². The number of carboxylic acid groups (broad SMARTS) is 2. The van der Waals surface area contributed by atoms with Crippen LogP contribution in [0.1, 0.15) is 24.3 Å². The summed E-state index contributed by atoms with van der Waals surface area (Å²) < 4.78 is 0. The molecule has 0 fully saturated rings. The lowest BCUT2D eigenvalue weighted by Crippen LogP contribution is -2.13. The molecule has 0 spiro atoms. The first kappa shape index (κ1) is 14.8. The van der Waals surface area contributed by atoms with Crippen LogP contribution in [0, 0.1) is 0 Å². The number of rotatable bonds is 6. The molecule has 0 aliphatic carbocycles. The number of benzene rings is 2. The second-order valence-electron chi connectivity index (χ2n) is 4.81. The molecule has 0 radical (unpaired) electrons. The van der Waals surface area contributed by atoms with E-state index in [4.69, 9.17) is 5.11 Å². The molecule has 0 saturated heterocycles. The number of aliphatic carboxylic acids is 2. The molecule has 21 heavy (non-hydrogen) atoms. The first-order valence-corrected chi connectivity index (χ1v) is 6.68. The molecule has 4 heteroatoms. The Hall–Kier alpha value is -2.62. The molecule has 4 nitrogen and oxygen atoms in total. The van der Waals surface area contributed by atoms with E-state index in [0.717, 1.165) is 11.1 Å². The molecule has 0 bridgehead atoms. The maximum atomic E-state index is 11.3. The molecule has 2 aromatic carbocycles. The van der Waals surface area contributed by atoms with Gasteiger partial charge in [-0.25, -0.2) is 0 Å². The second-order valence-corrected chi connectivity index (χ2v) is 4.81. The summed E-state index contributed by atoms with van der Waals surface area (Å²) in [7, 11) is 0. The van der Waals surface area contributed by atoms with Gasteiger partial charge in [-0.05, 0) is 23.1 Å². The molecule has 2 N–H and O–H groups in total. The number of hydrogen-bond acceptors (Lipinski definition) is 2. The van der Waals surface area contributed by atoms with Crippen LogP contribution >= 0.6 is 0 Å². The number of carbonyl (C=O) groups is 2. The fourth-order valence-electron chi connectivity index (χ4n) is 2.24. The van der Waals surface area contributed by atoms with E-state index in [1.54, 1.807) is 12.1 Å². The molecule has 2 rings (SSSR count). The Morgan fingerprint density at radius 3 is 1.95 bits per heavy atom. The lowest BCUT2D eigenvalue weighted by atomic mass is 9.92. The van der Waals surface area contributed by atoms with Crippen molar-refractivity contribution in [1.82, 2.24) is 0 Å². The highest BCUT2D eigenvalue weighted by molar-refractivity contribution is 5.78. The van der Waals surface area contributed by atoms with E-state index >= 15 is 0 Å². The molecule has 0 unspecified atom stereocenters. The minimum absolute atomic E-state index is 0.0926. The molecule has 0 aromatic heterocycles. The number of hydrogen-bond donors (Lipinski definition) is 2. The summed E-state index contributed by atoms with van der Waals surface area (Å²) in [5.41, 5.74) is 2.69. The van der Waals surface area contributed by atoms with Crippen LogP contribution in [0.3, 0.4) is 0 Å². The van der Waals surface area contributed by atoms with Crippen molar-refractivity contribution in [3.63, 3.8) is 0 Å². The molecule has 1 atom stereocenters. The van der Waals surface area contributed by atoms with Gasteiger partial charge in [-0.2, -0.15) is 0 Å². The topological polar surface area (TPSA) is 74.6 Å². The van der Waals surface area contributed by atoms with Gasteiger partial charge in [0.1, 0.15) is 0 Å². The third-order valence-electron chi connectivity index (χ3n) is 3.37. The monoisotopic (exact) mass is 284 g/mol. The van der Waals surface area contributed by atoms with Gasteiger partial charge < -0.3 is 10.2 Å². The van der Waals surface area contributed by atoms with E-state index < -0.39 is 17.9 Å². The van der Waals surface area contributed by atoms with Gasteiger partial charge in [-0.1, -0.05) is 54.6 Å². The lowest BCUT2D eigenvalue weighted by molar-refractivity contribution is -0.140. The zero-order chi connectivity index (χ0) is 15.2. The summed E-state index contributed by atoms with van der Waals surface area (Å²) in [4.78, 5) is 21.9. The van der Waals surface area contributed by atoms with Crippen LogP contribution in [0.2, 0.25) is 0 Å². The second kappa shape index (κ2) is 6.70. The maximum Gasteiger partial charge on any atom is 0.310 e. The van der Waals surface area contributed by atoms with Crippen LogP contribution in [0.4, 0.5) is 0 Å². The van der Waals surface area contributed by atoms with Gasteiger partial charge in [0, 0.05) is 6.42 Å². The minimum Gasteiger partial charge on any atom is -0.481 e. The average molecular weight is 284 g/mol. The van der Waals surface area contributed by atoms with Crippen LogP contribution in [0.15, 0.2) is 54.6 Å². The Morgan fingerprint density at radius 1 is 0.857 bits per heavy atom. The van der Waals surface area contributed by atoms with Crippen molar-refractivity contribution in [3.8, 4) is 11.1 Å². The fraction of sp³-hybridized carbons (Fsp3) is 0.176. The van der Waals surface area contributed by atoms with Crippen LogP contribution in [-0.2, 0) is 9.59 Å². The van der Waals surface area contributed by atoms with Crippen LogP contribution in [-0.4, -0.2) is 22.2 Å². The largest absolute Gasteiger partial charge is 0.481 e. The third-order valence-corrected chi connectivity index (χ3v) is 3.37. The third kappa shape index (κ3) is 3.92. The quantitative estimate of drug-likeness (QED) is 0.852. The highest BCUT2D eigenvalue weighted by Crippen LogP contribution is 2.25. The van der Waals surface area contributed by atoms with E-state index in [9.17, 15) is 14.7 Å². The molecule has 0 heterocycles. The Bertz CT molecular complexity index is 617. The molecule has 0 aliphatic heterocycles. The van der Waals surface area contributed by atoms with Crippen molar-refractivity contribution < 1.29 is 19.8 Å². The summed E-state index contributed by atoms with van der Waals surface area (Å²) in [5.74, 6) is -2.77. The molecule has 0 aliphatic rings. The van der Waals surface area contributed by atoms with Crippen molar-refractivity contribution in [1.29, 1.82) is 0 Å². The molecule has 2 aromatic rings. The van der Waals surface area contributed by atoms with Crippen LogP contribution in [0.25, 0.3) is 11.1 Å². The standard InChI is InChI=1S/C17H16O4/c18-16(19)11-10-15(17(20)21)14-8-6-13(7-9-14)12-4-2-1-3-5-12/h1-9,15H,10-11H2,(H,18,19)(H,20,21)/t15-/m1/s1. The average Bonchev–Trinajstić information content (AvgIpc) is 2.48. The zero-order valence-electron chi connectivity index (χ0n) is 11.4. The molecular weight excluding hydrogens is 268 g/mol. The molecule has 0 amide bonds. The van der Waals surface area contributed by atoms with Crippen molar-refractivity contribution >= 4 is 11.9 Å². The summed E-state index contributed by atoms with van der Waals surface area (Å²) in [6.45, 7) is 0. The molecule has 0 saturated carbocycles. The minimum atomic E-state index is -0.997. The first-order chi connectivity index (χ1) is 10.1. The summed E-state index contributed by atoms with van der Waals surface area (Å²) in [5, 5.41) is 17.9. The summed E-state index contributed by atoms with van der Waals surface area (Å²) in [6, 6.07) is 17.0. The van der Waals surface area contributed by atoms with Crippen LogP contribution < -0.4 is 0 Å². The highest BCUT2D eigenvalue weighted by Gasteiger charge is 2.20. The van der Waals surface area contributed by atoms with Gasteiger partial charge in [0.05, 0.1) is 5.92 Å². The van der Waals surface area contributed by atoms with Gasteiger partial charge in [0.25, 0.3) is 0 Å². The smallest absolute Gasteiger partial charge is 0.310 e. The van der Waals surface area contributed by atoms with Gasteiger partial charge in [0.2, 0.25) is 0 Å². The maximum absolute atomic E-state index is 11.3. The predicted molar refractivity (Wildman–Crippen MR) is 79.1 cm³/mol. The van der Waals surface area contributed by atoms with E-state index in [1.165, 1.54) is 0 Å². The Labute approximate surface area is 122 Å². The SMILES string of the molecule is O=C(O)CC[C@@H](C(=O)O)c1ccc(-c2ccccc2)cc1. The van der Waals surface area contributed by atoms with E-state index in [-0.39, 0.29) is 12.8 Å². The van der Waals surface area contributed by atoms with E-state index in [2.05, 4.69) is 0 Å². The Morgan fingerprint density at radius 2 is 1.43 bits per heavy atom. The summed E-state index contributed by atoms with van der Waals surface area (Å²) in [6.07, 6.45) is -0.0627. The normalized spacial score (nSPS) is 11.8. The first-order valence-electron chi connectivity index (χ1n) is 6.68. The van der Waals surface area contributed by atoms with Gasteiger partial charge in [-0.3, -0.25) is 9.59 Å². The predicted octanol–water partition coefficient (Wildman–Crippen LogP) is 3.39. The van der Waals surface area contributed by atoms with E-state index in [0.29, 0.717) is 5.56 Å².